The summed E-state index contributed by atoms with van der Waals surface area (Å²) >= 11 is 6.06. The number of aryl methyl sites for hydroxylation is 1. The van der Waals surface area contributed by atoms with Crippen LogP contribution in [0.1, 0.15) is 11.4 Å². The quantitative estimate of drug-likeness (QED) is 0.566. The normalized spacial score (nSPS) is 14.3. The molecule has 2 heterocycles. The minimum Gasteiger partial charge on any atom is -0.476 e. The molecule has 1 aromatic carbocycles. The predicted molar refractivity (Wildman–Crippen MR) is 109 cm³/mol. The first-order valence-electron chi connectivity index (χ1n) is 9.13. The van der Waals surface area contributed by atoms with E-state index in [9.17, 15) is 4.79 Å². The van der Waals surface area contributed by atoms with E-state index >= 15 is 0 Å². The zero-order chi connectivity index (χ0) is 19.8. The number of amides is 1. The first-order valence-corrected chi connectivity index (χ1v) is 9.51. The Kier molecular flexibility index (Phi) is 7.22. The highest BCUT2D eigenvalue weighted by Crippen LogP contribution is 2.18. The summed E-state index contributed by atoms with van der Waals surface area (Å²) < 4.78 is 11.1. The second kappa shape index (κ2) is 10.1. The van der Waals surface area contributed by atoms with Crippen LogP contribution in [0.25, 0.3) is 6.08 Å². The maximum atomic E-state index is 11.9. The van der Waals surface area contributed by atoms with E-state index in [1.54, 1.807) is 12.1 Å². The monoisotopic (exact) mass is 402 g/mol. The van der Waals surface area contributed by atoms with E-state index < -0.39 is 0 Å². The molecule has 8 heteroatoms. The molecule has 28 heavy (non-hydrogen) atoms. The van der Waals surface area contributed by atoms with Gasteiger partial charge in [0.1, 0.15) is 18.2 Å². The second-order valence-corrected chi connectivity index (χ2v) is 6.61. The van der Waals surface area contributed by atoms with Crippen LogP contribution in [0.3, 0.4) is 0 Å². The maximum absolute atomic E-state index is 11.9. The van der Waals surface area contributed by atoms with Crippen molar-refractivity contribution in [2.24, 2.45) is 0 Å². The van der Waals surface area contributed by atoms with E-state index in [-0.39, 0.29) is 5.91 Å². The van der Waals surface area contributed by atoms with Gasteiger partial charge in [0.25, 0.3) is 0 Å². The minimum atomic E-state index is -0.212. The van der Waals surface area contributed by atoms with Crippen LogP contribution in [0.15, 0.2) is 36.4 Å². The number of hydrogen-bond acceptors (Lipinski definition) is 6. The van der Waals surface area contributed by atoms with Crippen molar-refractivity contribution >= 4 is 29.4 Å². The third-order valence-electron chi connectivity index (χ3n) is 4.11. The van der Waals surface area contributed by atoms with Crippen molar-refractivity contribution in [3.05, 3.63) is 52.8 Å². The van der Waals surface area contributed by atoms with Crippen LogP contribution in [-0.4, -0.2) is 55.3 Å². The molecule has 0 radical (unpaired) electrons. The van der Waals surface area contributed by atoms with Gasteiger partial charge >= 0.3 is 0 Å². The number of ether oxygens (including phenoxy) is 2. The predicted octanol–water partition coefficient (Wildman–Crippen LogP) is 2.48. The second-order valence-electron chi connectivity index (χ2n) is 6.21. The minimum absolute atomic E-state index is 0.212. The highest BCUT2D eigenvalue weighted by Gasteiger charge is 2.14. The number of carbonyl (C=O) groups is 1. The average Bonchev–Trinajstić information content (AvgIpc) is 2.71. The van der Waals surface area contributed by atoms with Crippen molar-refractivity contribution in [1.82, 2.24) is 15.3 Å². The molecule has 1 aliphatic heterocycles. The maximum Gasteiger partial charge on any atom is 0.244 e. The fourth-order valence-electron chi connectivity index (χ4n) is 2.72. The van der Waals surface area contributed by atoms with Gasteiger partial charge in [-0.2, -0.15) is 4.98 Å². The molecular formula is C20H23ClN4O3. The van der Waals surface area contributed by atoms with E-state index in [0.29, 0.717) is 43.1 Å². The molecule has 1 fully saturated rings. The Bertz CT molecular complexity index is 838. The lowest BCUT2D eigenvalue weighted by Gasteiger charge is -2.28. The number of morpholine rings is 1. The van der Waals surface area contributed by atoms with Crippen molar-refractivity contribution in [2.45, 2.75) is 6.92 Å². The van der Waals surface area contributed by atoms with Crippen LogP contribution in [0.5, 0.6) is 5.88 Å². The summed E-state index contributed by atoms with van der Waals surface area (Å²) in [6.45, 7) is 5.47. The van der Waals surface area contributed by atoms with Crippen LogP contribution < -0.4 is 15.0 Å². The van der Waals surface area contributed by atoms with Gasteiger partial charge < -0.3 is 19.7 Å². The summed E-state index contributed by atoms with van der Waals surface area (Å²) in [5, 5.41) is 3.37. The lowest BCUT2D eigenvalue weighted by Crippen LogP contribution is -2.37. The molecule has 0 saturated carbocycles. The molecular weight excluding hydrogens is 380 g/mol. The summed E-state index contributed by atoms with van der Waals surface area (Å²) in [5.41, 5.74) is 0.794. The molecule has 1 N–H and O–H groups in total. The largest absolute Gasteiger partial charge is 0.476 e. The van der Waals surface area contributed by atoms with Crippen LogP contribution in [-0.2, 0) is 9.53 Å². The Morgan fingerprint density at radius 1 is 1.32 bits per heavy atom. The van der Waals surface area contributed by atoms with E-state index in [4.69, 9.17) is 21.1 Å². The van der Waals surface area contributed by atoms with Gasteiger partial charge in [-0.05, 0) is 24.6 Å². The van der Waals surface area contributed by atoms with Crippen LogP contribution in [0.2, 0.25) is 5.02 Å². The van der Waals surface area contributed by atoms with E-state index in [1.165, 1.54) is 6.08 Å². The number of nitrogens with one attached hydrogen (secondary N) is 1. The number of benzene rings is 1. The lowest BCUT2D eigenvalue weighted by molar-refractivity contribution is -0.116. The third kappa shape index (κ3) is 5.94. The lowest BCUT2D eigenvalue weighted by atomic mass is 10.2. The summed E-state index contributed by atoms with van der Waals surface area (Å²) in [6.07, 6.45) is 3.13. The Morgan fingerprint density at radius 3 is 2.89 bits per heavy atom. The molecule has 1 amide bonds. The summed E-state index contributed by atoms with van der Waals surface area (Å²) in [5.74, 6) is 1.76. The fraction of sp³-hybridized carbons (Fsp3) is 0.350. The zero-order valence-corrected chi connectivity index (χ0v) is 16.5. The number of carbonyl (C=O) groups excluding carboxylic acids is 1. The molecule has 7 nitrogen and oxygen atoms in total. The van der Waals surface area contributed by atoms with Crippen molar-refractivity contribution < 1.29 is 14.3 Å². The highest BCUT2D eigenvalue weighted by molar-refractivity contribution is 6.32. The molecule has 1 aliphatic rings. The number of hydrogen-bond donors (Lipinski definition) is 1. The molecule has 0 spiro atoms. The third-order valence-corrected chi connectivity index (χ3v) is 4.45. The first-order chi connectivity index (χ1) is 13.6. The number of halogens is 1. The van der Waals surface area contributed by atoms with E-state index in [2.05, 4.69) is 20.2 Å². The number of nitrogens with zero attached hydrogens (tertiary/aromatic N) is 3. The van der Waals surface area contributed by atoms with Gasteiger partial charge in [0, 0.05) is 30.3 Å². The standard InChI is InChI=1S/C20H23ClN4O3/c1-15-23-18(25-9-12-27-13-10-25)14-20(24-15)28-11-8-22-19(26)7-6-16-4-2-3-5-17(16)21/h2-7,14H,8-13H2,1H3,(H,22,26)/b7-6+. The van der Waals surface area contributed by atoms with Gasteiger partial charge in [0.05, 0.1) is 19.8 Å². The van der Waals surface area contributed by atoms with Crippen molar-refractivity contribution in [3.8, 4) is 5.88 Å². The SMILES string of the molecule is Cc1nc(OCCNC(=O)/C=C/c2ccccc2Cl)cc(N2CCOCC2)n1. The molecule has 3 rings (SSSR count). The van der Waals surface area contributed by atoms with Gasteiger partial charge in [0.15, 0.2) is 0 Å². The average molecular weight is 403 g/mol. The molecule has 148 valence electrons. The smallest absolute Gasteiger partial charge is 0.244 e. The zero-order valence-electron chi connectivity index (χ0n) is 15.7. The summed E-state index contributed by atoms with van der Waals surface area (Å²) in [7, 11) is 0. The molecule has 0 unspecified atom stereocenters. The number of aromatic nitrogens is 2. The molecule has 0 aliphatic carbocycles. The number of rotatable bonds is 7. The van der Waals surface area contributed by atoms with Crippen molar-refractivity contribution in [3.63, 3.8) is 0 Å². The molecule has 1 saturated heterocycles. The fourth-order valence-corrected chi connectivity index (χ4v) is 2.92. The first kappa shape index (κ1) is 20.1. The topological polar surface area (TPSA) is 76.6 Å². The Labute approximate surface area is 169 Å². The molecule has 0 bridgehead atoms. The Hall–Kier alpha value is -2.64. The Morgan fingerprint density at radius 2 is 2.11 bits per heavy atom. The van der Waals surface area contributed by atoms with Crippen molar-refractivity contribution in [2.75, 3.05) is 44.4 Å². The number of anilines is 1. The van der Waals surface area contributed by atoms with Gasteiger partial charge in [-0.3, -0.25) is 4.79 Å². The van der Waals surface area contributed by atoms with Gasteiger partial charge in [-0.25, -0.2) is 4.98 Å². The van der Waals surface area contributed by atoms with Gasteiger partial charge in [-0.15, -0.1) is 0 Å². The van der Waals surface area contributed by atoms with Gasteiger partial charge in [0.2, 0.25) is 11.8 Å². The van der Waals surface area contributed by atoms with E-state index in [0.717, 1.165) is 24.5 Å². The summed E-state index contributed by atoms with van der Waals surface area (Å²) in [4.78, 5) is 22.8. The molecule has 1 aromatic heterocycles. The van der Waals surface area contributed by atoms with Crippen LogP contribution in [0.4, 0.5) is 5.82 Å². The van der Waals surface area contributed by atoms with Crippen molar-refractivity contribution in [1.29, 1.82) is 0 Å². The van der Waals surface area contributed by atoms with Crippen LogP contribution >= 0.6 is 11.6 Å². The van der Waals surface area contributed by atoms with E-state index in [1.807, 2.05) is 31.2 Å². The Balaban J connectivity index is 1.46. The van der Waals surface area contributed by atoms with Gasteiger partial charge in [-0.1, -0.05) is 29.8 Å². The van der Waals surface area contributed by atoms with Crippen LogP contribution in [0, 0.1) is 6.92 Å². The summed E-state index contributed by atoms with van der Waals surface area (Å²) in [6, 6.07) is 9.15. The molecule has 0 atom stereocenters. The molecule has 2 aromatic rings. The highest BCUT2D eigenvalue weighted by atomic mass is 35.5.